The van der Waals surface area contributed by atoms with E-state index in [0.29, 0.717) is 0 Å². The number of hydrogen-bond acceptors (Lipinski definition) is 5. The first-order chi connectivity index (χ1) is 5.20. The van der Waals surface area contributed by atoms with Gasteiger partial charge in [-0.1, -0.05) is 0 Å². The van der Waals surface area contributed by atoms with Crippen molar-refractivity contribution in [2.75, 3.05) is 13.2 Å². The highest BCUT2D eigenvalue weighted by atomic mass is 24.3. The predicted octanol–water partition coefficient (Wildman–Crippen LogP) is 0.935. The number of carbonyl (C=O) groups excluding carboxylic acids is 2. The lowest BCUT2D eigenvalue weighted by Crippen LogP contribution is -2.14. The molecule has 0 rings (SSSR count). The quantitative estimate of drug-likeness (QED) is 0.365. The Labute approximate surface area is 86.5 Å². The second kappa shape index (κ2) is 8.60. The van der Waals surface area contributed by atoms with Crippen LogP contribution in [0.2, 0.25) is 0 Å². The zero-order chi connectivity index (χ0) is 8.69. The minimum atomic E-state index is -1.04. The van der Waals surface area contributed by atoms with Crippen molar-refractivity contribution in [3.63, 3.8) is 0 Å². The Kier molecular flexibility index (Phi) is 10.1. The molecule has 0 bridgehead atoms. The maximum atomic E-state index is 10.4. The van der Waals surface area contributed by atoms with Gasteiger partial charge in [0.2, 0.25) is 0 Å². The smallest absolute Gasteiger partial charge is 0.434 e. The molecular formula is C6H10MgO5. The molecule has 0 aromatic carbocycles. The van der Waals surface area contributed by atoms with Crippen LogP contribution in [0.3, 0.4) is 0 Å². The zero-order valence-electron chi connectivity index (χ0n) is 7.16. The third-order valence-corrected chi connectivity index (χ3v) is 0.691. The van der Waals surface area contributed by atoms with Gasteiger partial charge in [-0.05, 0) is 13.8 Å². The molecule has 66 valence electrons. The van der Waals surface area contributed by atoms with Crippen LogP contribution in [0.25, 0.3) is 0 Å². The average molecular weight is 186 g/mol. The largest absolute Gasteiger partial charge is 0.518 e. The fourth-order valence-electron chi connectivity index (χ4n) is 0.363. The number of ether oxygens (including phenoxy) is 3. The first kappa shape index (κ1) is 14.1. The molecule has 2 radical (unpaired) electrons. The minimum absolute atomic E-state index is 0. The van der Waals surface area contributed by atoms with Crippen LogP contribution in [0.15, 0.2) is 0 Å². The van der Waals surface area contributed by atoms with Gasteiger partial charge in [0, 0.05) is 23.1 Å². The Hall–Kier alpha value is -0.494. The normalized spacial score (nSPS) is 7.83. The highest BCUT2D eigenvalue weighted by Crippen LogP contribution is 1.89. The molecule has 0 saturated heterocycles. The number of rotatable bonds is 2. The van der Waals surface area contributed by atoms with Gasteiger partial charge in [-0.2, -0.15) is 0 Å². The third-order valence-electron chi connectivity index (χ3n) is 0.691. The average Bonchev–Trinajstić information content (AvgIpc) is 1.87. The summed E-state index contributed by atoms with van der Waals surface area (Å²) in [7, 11) is 0. The molecule has 0 fully saturated rings. The zero-order valence-corrected chi connectivity index (χ0v) is 8.58. The summed E-state index contributed by atoms with van der Waals surface area (Å²) in [5, 5.41) is 0. The Morgan fingerprint density at radius 2 is 1.33 bits per heavy atom. The van der Waals surface area contributed by atoms with E-state index in [2.05, 4.69) is 14.2 Å². The first-order valence-corrected chi connectivity index (χ1v) is 3.22. The molecule has 0 atom stereocenters. The van der Waals surface area contributed by atoms with E-state index < -0.39 is 12.3 Å². The molecule has 6 heteroatoms. The Balaban J connectivity index is 0. The summed E-state index contributed by atoms with van der Waals surface area (Å²) >= 11 is 0. The molecule has 0 aromatic heterocycles. The standard InChI is InChI=1S/C6H10O5.Mg/c1-3-9-5(7)11-6(8)10-4-2;/h3-4H2,1-2H3;. The molecule has 0 saturated carbocycles. The van der Waals surface area contributed by atoms with E-state index >= 15 is 0 Å². The molecule has 0 aliphatic rings. The van der Waals surface area contributed by atoms with Gasteiger partial charge < -0.3 is 14.2 Å². The molecule has 12 heavy (non-hydrogen) atoms. The van der Waals surface area contributed by atoms with Crippen LogP contribution < -0.4 is 0 Å². The van der Waals surface area contributed by atoms with Gasteiger partial charge in [0.1, 0.15) is 0 Å². The van der Waals surface area contributed by atoms with Gasteiger partial charge in [0.25, 0.3) is 0 Å². The molecular weight excluding hydrogens is 176 g/mol. The lowest BCUT2D eigenvalue weighted by atomic mass is 10.9. The van der Waals surface area contributed by atoms with E-state index in [1.54, 1.807) is 13.8 Å². The second-order valence-electron chi connectivity index (χ2n) is 1.47. The first-order valence-electron chi connectivity index (χ1n) is 3.22. The molecule has 0 heterocycles. The molecule has 0 aromatic rings. The van der Waals surface area contributed by atoms with Crippen molar-refractivity contribution in [1.82, 2.24) is 0 Å². The van der Waals surface area contributed by atoms with Gasteiger partial charge >= 0.3 is 12.3 Å². The molecule has 0 aliphatic carbocycles. The van der Waals surface area contributed by atoms with Gasteiger partial charge in [-0.25, -0.2) is 9.59 Å². The van der Waals surface area contributed by atoms with Crippen LogP contribution in [0.4, 0.5) is 9.59 Å². The summed E-state index contributed by atoms with van der Waals surface area (Å²) in [6, 6.07) is 0. The molecule has 0 amide bonds. The third kappa shape index (κ3) is 7.61. The maximum Gasteiger partial charge on any atom is 0.518 e. The van der Waals surface area contributed by atoms with E-state index in [9.17, 15) is 9.59 Å². The van der Waals surface area contributed by atoms with Gasteiger partial charge in [-0.15, -0.1) is 0 Å². The van der Waals surface area contributed by atoms with E-state index in [1.807, 2.05) is 0 Å². The van der Waals surface area contributed by atoms with Crippen LogP contribution in [0.1, 0.15) is 13.8 Å². The van der Waals surface area contributed by atoms with E-state index in [4.69, 9.17) is 0 Å². The van der Waals surface area contributed by atoms with Crippen LogP contribution in [0.5, 0.6) is 0 Å². The highest BCUT2D eigenvalue weighted by Gasteiger charge is 2.10. The number of carbonyl (C=O) groups is 2. The molecule has 5 nitrogen and oxygen atoms in total. The summed E-state index contributed by atoms with van der Waals surface area (Å²) in [6.45, 7) is 3.54. The van der Waals surface area contributed by atoms with Crippen molar-refractivity contribution in [1.29, 1.82) is 0 Å². The van der Waals surface area contributed by atoms with Crippen molar-refractivity contribution in [2.24, 2.45) is 0 Å². The van der Waals surface area contributed by atoms with Crippen molar-refractivity contribution >= 4 is 35.4 Å². The van der Waals surface area contributed by atoms with Crippen LogP contribution in [0, 0.1) is 0 Å². The summed E-state index contributed by atoms with van der Waals surface area (Å²) in [5.41, 5.74) is 0. The highest BCUT2D eigenvalue weighted by molar-refractivity contribution is 5.76. The molecule has 0 spiro atoms. The topological polar surface area (TPSA) is 61.8 Å². The van der Waals surface area contributed by atoms with Crippen LogP contribution in [-0.4, -0.2) is 48.6 Å². The molecule has 0 unspecified atom stereocenters. The lowest BCUT2D eigenvalue weighted by Gasteiger charge is -2.01. The Bertz CT molecular complexity index is 131. The summed E-state index contributed by atoms with van der Waals surface area (Å²) in [4.78, 5) is 20.8. The lowest BCUT2D eigenvalue weighted by molar-refractivity contribution is 0.0409. The molecule has 0 aliphatic heterocycles. The maximum absolute atomic E-state index is 10.4. The summed E-state index contributed by atoms with van der Waals surface area (Å²) in [5.74, 6) is 0. The monoisotopic (exact) mass is 186 g/mol. The van der Waals surface area contributed by atoms with Gasteiger partial charge in [0.05, 0.1) is 13.2 Å². The van der Waals surface area contributed by atoms with Crippen molar-refractivity contribution in [3.05, 3.63) is 0 Å². The second-order valence-corrected chi connectivity index (χ2v) is 1.47. The fourth-order valence-corrected chi connectivity index (χ4v) is 0.363. The van der Waals surface area contributed by atoms with E-state index in [1.165, 1.54) is 0 Å². The SMILES string of the molecule is CCOC(=O)OC(=O)OCC.[Mg]. The summed E-state index contributed by atoms with van der Waals surface area (Å²) in [6.07, 6.45) is -2.07. The van der Waals surface area contributed by atoms with Crippen molar-refractivity contribution in [3.8, 4) is 0 Å². The summed E-state index contributed by atoms with van der Waals surface area (Å²) < 4.78 is 12.6. The Morgan fingerprint density at radius 3 is 1.58 bits per heavy atom. The van der Waals surface area contributed by atoms with E-state index in [0.717, 1.165) is 0 Å². The van der Waals surface area contributed by atoms with Gasteiger partial charge in [-0.3, -0.25) is 0 Å². The molecule has 0 N–H and O–H groups in total. The van der Waals surface area contributed by atoms with Crippen LogP contribution in [-0.2, 0) is 14.2 Å². The minimum Gasteiger partial charge on any atom is -0.434 e. The van der Waals surface area contributed by atoms with Crippen molar-refractivity contribution < 1.29 is 23.8 Å². The number of hydrogen-bond donors (Lipinski definition) is 0. The fraction of sp³-hybridized carbons (Fsp3) is 0.667. The Morgan fingerprint density at radius 1 is 1.00 bits per heavy atom. The predicted molar refractivity (Wildman–Crippen MR) is 40.9 cm³/mol. The van der Waals surface area contributed by atoms with Crippen LogP contribution >= 0.6 is 0 Å². The van der Waals surface area contributed by atoms with Crippen molar-refractivity contribution in [2.45, 2.75) is 13.8 Å². The van der Waals surface area contributed by atoms with Gasteiger partial charge in [0.15, 0.2) is 0 Å². The van der Waals surface area contributed by atoms with E-state index in [-0.39, 0.29) is 36.3 Å².